The molecule has 17 heavy (non-hydrogen) atoms. The molecule has 0 atom stereocenters. The Balaban J connectivity index is 2.71. The maximum absolute atomic E-state index is 12.2. The summed E-state index contributed by atoms with van der Waals surface area (Å²) in [6.45, 7) is 7.23. The second-order valence-electron chi connectivity index (χ2n) is 6.12. The molecule has 0 radical (unpaired) electrons. The largest absolute Gasteiger partial charge is 0.480 e. The molecule has 98 valence electrons. The number of amides is 1. The van der Waals surface area contributed by atoms with Gasteiger partial charge in [-0.25, -0.2) is 4.79 Å². The topological polar surface area (TPSA) is 66.4 Å². The zero-order valence-corrected chi connectivity index (χ0v) is 11.2. The van der Waals surface area contributed by atoms with Crippen molar-refractivity contribution < 1.29 is 14.7 Å². The van der Waals surface area contributed by atoms with Gasteiger partial charge in [-0.3, -0.25) is 4.79 Å². The molecule has 0 aromatic heterocycles. The van der Waals surface area contributed by atoms with Gasteiger partial charge < -0.3 is 10.4 Å². The number of nitrogens with one attached hydrogen (secondary N) is 1. The van der Waals surface area contributed by atoms with Gasteiger partial charge in [0.25, 0.3) is 0 Å². The summed E-state index contributed by atoms with van der Waals surface area (Å²) < 4.78 is 0. The fourth-order valence-electron chi connectivity index (χ4n) is 2.38. The molecule has 0 unspecified atom stereocenters. The molecule has 0 saturated heterocycles. The minimum Gasteiger partial charge on any atom is -0.480 e. The number of carboxylic acid groups (broad SMARTS) is 1. The first-order valence-corrected chi connectivity index (χ1v) is 6.26. The van der Waals surface area contributed by atoms with Gasteiger partial charge in [0.2, 0.25) is 5.91 Å². The molecule has 1 rings (SSSR count). The molecule has 0 aromatic carbocycles. The maximum Gasteiger partial charge on any atom is 0.328 e. The van der Waals surface area contributed by atoms with E-state index in [-0.39, 0.29) is 11.3 Å². The summed E-state index contributed by atoms with van der Waals surface area (Å²) >= 11 is 0. The van der Waals surface area contributed by atoms with Gasteiger partial charge in [-0.1, -0.05) is 20.3 Å². The summed E-state index contributed by atoms with van der Waals surface area (Å²) in [7, 11) is 0. The van der Waals surface area contributed by atoms with Crippen LogP contribution in [0.4, 0.5) is 0 Å². The summed E-state index contributed by atoms with van der Waals surface area (Å²) in [5.74, 6) is -0.635. The van der Waals surface area contributed by atoms with Crippen molar-refractivity contribution in [2.75, 3.05) is 0 Å². The Morgan fingerprint density at radius 2 is 1.88 bits per heavy atom. The number of hydrogen-bond donors (Lipinski definition) is 2. The molecule has 1 saturated carbocycles. The van der Waals surface area contributed by atoms with E-state index in [1.54, 1.807) is 0 Å². The van der Waals surface area contributed by atoms with E-state index in [1.165, 1.54) is 13.8 Å². The molecule has 0 heterocycles. The van der Waals surface area contributed by atoms with E-state index in [1.807, 2.05) is 0 Å². The molecule has 0 aromatic rings. The van der Waals surface area contributed by atoms with Crippen molar-refractivity contribution >= 4 is 11.9 Å². The van der Waals surface area contributed by atoms with Gasteiger partial charge in [0.15, 0.2) is 0 Å². The second kappa shape index (κ2) is 4.67. The van der Waals surface area contributed by atoms with Gasteiger partial charge in [-0.15, -0.1) is 0 Å². The molecule has 1 fully saturated rings. The molecule has 0 spiro atoms. The van der Waals surface area contributed by atoms with Crippen molar-refractivity contribution in [3.05, 3.63) is 0 Å². The van der Waals surface area contributed by atoms with Crippen LogP contribution in [0.2, 0.25) is 0 Å². The highest BCUT2D eigenvalue weighted by molar-refractivity contribution is 5.89. The van der Waals surface area contributed by atoms with Crippen LogP contribution in [0.25, 0.3) is 0 Å². The quantitative estimate of drug-likeness (QED) is 0.775. The summed E-state index contributed by atoms with van der Waals surface area (Å²) in [5.41, 5.74) is -1.50. The SMILES string of the molecule is CC(C)CC1(C(=O)NC(C)(C)C(=O)O)CCC1. The average Bonchev–Trinajstić information content (AvgIpc) is 2.09. The van der Waals surface area contributed by atoms with Crippen molar-refractivity contribution in [1.82, 2.24) is 5.32 Å². The van der Waals surface area contributed by atoms with Crippen molar-refractivity contribution in [3.8, 4) is 0 Å². The van der Waals surface area contributed by atoms with Crippen LogP contribution in [0.15, 0.2) is 0 Å². The third-order valence-corrected chi connectivity index (χ3v) is 3.55. The van der Waals surface area contributed by atoms with E-state index in [9.17, 15) is 9.59 Å². The highest BCUT2D eigenvalue weighted by atomic mass is 16.4. The Kier molecular flexibility index (Phi) is 3.84. The summed E-state index contributed by atoms with van der Waals surface area (Å²) in [4.78, 5) is 23.2. The molecule has 1 aliphatic rings. The Bertz CT molecular complexity index is 317. The molecular formula is C13H23NO3. The van der Waals surface area contributed by atoms with Crippen LogP contribution in [0, 0.1) is 11.3 Å². The molecule has 0 bridgehead atoms. The second-order valence-corrected chi connectivity index (χ2v) is 6.12. The first kappa shape index (κ1) is 14.0. The molecular weight excluding hydrogens is 218 g/mol. The van der Waals surface area contributed by atoms with Gasteiger partial charge in [-0.05, 0) is 39.0 Å². The van der Waals surface area contributed by atoms with E-state index in [0.717, 1.165) is 25.7 Å². The Labute approximate surface area is 103 Å². The number of carboxylic acids is 1. The van der Waals surface area contributed by atoms with E-state index in [0.29, 0.717) is 5.92 Å². The van der Waals surface area contributed by atoms with Crippen LogP contribution >= 0.6 is 0 Å². The van der Waals surface area contributed by atoms with E-state index in [2.05, 4.69) is 19.2 Å². The summed E-state index contributed by atoms with van der Waals surface area (Å²) in [6, 6.07) is 0. The Morgan fingerprint density at radius 1 is 1.35 bits per heavy atom. The van der Waals surface area contributed by atoms with Crippen molar-refractivity contribution in [1.29, 1.82) is 0 Å². The van der Waals surface area contributed by atoms with E-state index < -0.39 is 11.5 Å². The Hall–Kier alpha value is -1.06. The van der Waals surface area contributed by atoms with Crippen LogP contribution < -0.4 is 5.32 Å². The minimum absolute atomic E-state index is 0.0927. The fraction of sp³-hybridized carbons (Fsp3) is 0.846. The molecule has 0 aliphatic heterocycles. The van der Waals surface area contributed by atoms with E-state index in [4.69, 9.17) is 5.11 Å². The van der Waals surface area contributed by atoms with Crippen LogP contribution in [-0.2, 0) is 9.59 Å². The van der Waals surface area contributed by atoms with E-state index >= 15 is 0 Å². The first-order chi connectivity index (χ1) is 7.69. The molecule has 1 aliphatic carbocycles. The number of carbonyl (C=O) groups excluding carboxylic acids is 1. The summed E-state index contributed by atoms with van der Waals surface area (Å²) in [6.07, 6.45) is 3.67. The van der Waals surface area contributed by atoms with Crippen LogP contribution in [0.1, 0.15) is 53.4 Å². The van der Waals surface area contributed by atoms with Crippen molar-refractivity contribution in [3.63, 3.8) is 0 Å². The number of aliphatic carboxylic acids is 1. The van der Waals surface area contributed by atoms with Gasteiger partial charge in [0.05, 0.1) is 0 Å². The van der Waals surface area contributed by atoms with Crippen molar-refractivity contribution in [2.24, 2.45) is 11.3 Å². The lowest BCUT2D eigenvalue weighted by molar-refractivity contribution is -0.150. The standard InChI is InChI=1S/C13H23NO3/c1-9(2)8-13(6-5-7-13)10(15)14-12(3,4)11(16)17/h9H,5-8H2,1-4H3,(H,14,15)(H,16,17). The highest BCUT2D eigenvalue weighted by Crippen LogP contribution is 2.46. The average molecular weight is 241 g/mol. The zero-order chi connectivity index (χ0) is 13.3. The molecule has 1 amide bonds. The highest BCUT2D eigenvalue weighted by Gasteiger charge is 2.46. The third kappa shape index (κ3) is 2.99. The van der Waals surface area contributed by atoms with Crippen molar-refractivity contribution in [2.45, 2.75) is 58.9 Å². The van der Waals surface area contributed by atoms with Gasteiger partial charge in [-0.2, -0.15) is 0 Å². The first-order valence-electron chi connectivity index (χ1n) is 6.26. The molecule has 4 nitrogen and oxygen atoms in total. The molecule has 4 heteroatoms. The third-order valence-electron chi connectivity index (χ3n) is 3.55. The monoisotopic (exact) mass is 241 g/mol. The summed E-state index contributed by atoms with van der Waals surface area (Å²) in [5, 5.41) is 11.7. The number of hydrogen-bond acceptors (Lipinski definition) is 2. The predicted octanol–water partition coefficient (Wildman–Crippen LogP) is 2.18. The van der Waals surface area contributed by atoms with Crippen LogP contribution in [0.3, 0.4) is 0 Å². The normalized spacial score (nSPS) is 18.6. The minimum atomic E-state index is -1.18. The lowest BCUT2D eigenvalue weighted by Gasteiger charge is -2.43. The lowest BCUT2D eigenvalue weighted by atomic mass is 9.63. The Morgan fingerprint density at radius 3 is 2.18 bits per heavy atom. The molecule has 2 N–H and O–H groups in total. The number of carbonyl (C=O) groups is 2. The van der Waals surface area contributed by atoms with Crippen LogP contribution in [-0.4, -0.2) is 22.5 Å². The smallest absolute Gasteiger partial charge is 0.328 e. The van der Waals surface area contributed by atoms with Gasteiger partial charge in [0.1, 0.15) is 5.54 Å². The van der Waals surface area contributed by atoms with Gasteiger partial charge in [0, 0.05) is 5.41 Å². The predicted molar refractivity (Wildman–Crippen MR) is 65.6 cm³/mol. The lowest BCUT2D eigenvalue weighted by Crippen LogP contribution is -2.56. The van der Waals surface area contributed by atoms with Gasteiger partial charge >= 0.3 is 5.97 Å². The number of rotatable bonds is 5. The fourth-order valence-corrected chi connectivity index (χ4v) is 2.38. The zero-order valence-electron chi connectivity index (χ0n) is 11.2. The van der Waals surface area contributed by atoms with Crippen LogP contribution in [0.5, 0.6) is 0 Å². The maximum atomic E-state index is 12.2.